The highest BCUT2D eigenvalue weighted by atomic mass is 127. The Kier molecular flexibility index (Phi) is 8.40. The lowest BCUT2D eigenvalue weighted by Crippen LogP contribution is -2.50. The van der Waals surface area contributed by atoms with Crippen molar-refractivity contribution in [3.63, 3.8) is 0 Å². The number of piperidine rings is 1. The van der Waals surface area contributed by atoms with Crippen LogP contribution < -0.4 is 16.4 Å². The Morgan fingerprint density at radius 3 is 2.79 bits per heavy atom. The second-order valence-corrected chi connectivity index (χ2v) is 7.07. The van der Waals surface area contributed by atoms with Gasteiger partial charge in [0.1, 0.15) is 0 Å². The summed E-state index contributed by atoms with van der Waals surface area (Å²) in [6, 6.07) is 6.37. The Hall–Kier alpha value is -1.97. The number of amides is 2. The number of para-hydroxylation sites is 1. The summed E-state index contributed by atoms with van der Waals surface area (Å²) in [5.74, 6) is 0.839. The summed E-state index contributed by atoms with van der Waals surface area (Å²) < 4.78 is 0. The molecular formula is C20H31IN6O. The maximum atomic E-state index is 11.2. The zero-order chi connectivity index (χ0) is 19.2. The van der Waals surface area contributed by atoms with Gasteiger partial charge in [-0.1, -0.05) is 18.2 Å². The quantitative estimate of drug-likeness (QED) is 0.290. The molecule has 0 bridgehead atoms. The van der Waals surface area contributed by atoms with Crippen molar-refractivity contribution >= 4 is 46.9 Å². The molecule has 1 aliphatic heterocycles. The van der Waals surface area contributed by atoms with E-state index in [1.54, 1.807) is 4.90 Å². The zero-order valence-corrected chi connectivity index (χ0v) is 19.0. The first kappa shape index (κ1) is 22.3. The van der Waals surface area contributed by atoms with E-state index in [1.165, 1.54) is 22.0 Å². The number of rotatable bonds is 5. The molecule has 1 aliphatic rings. The summed E-state index contributed by atoms with van der Waals surface area (Å²) in [6.45, 7) is 7.11. The molecule has 0 unspecified atom stereocenters. The van der Waals surface area contributed by atoms with Crippen molar-refractivity contribution in [3.05, 3.63) is 35.5 Å². The van der Waals surface area contributed by atoms with Crippen molar-refractivity contribution in [2.45, 2.75) is 39.2 Å². The van der Waals surface area contributed by atoms with Gasteiger partial charge in [0.2, 0.25) is 0 Å². The molecule has 2 heterocycles. The van der Waals surface area contributed by atoms with E-state index in [0.29, 0.717) is 19.1 Å². The number of aromatic nitrogens is 1. The molecule has 0 spiro atoms. The molecule has 0 radical (unpaired) electrons. The number of hydrogen-bond acceptors (Lipinski definition) is 2. The number of carbonyl (C=O) groups is 1. The van der Waals surface area contributed by atoms with E-state index >= 15 is 0 Å². The van der Waals surface area contributed by atoms with Crippen molar-refractivity contribution in [3.8, 4) is 0 Å². The average Bonchev–Trinajstić information content (AvgIpc) is 3.07. The van der Waals surface area contributed by atoms with Gasteiger partial charge in [0, 0.05) is 49.3 Å². The Balaban J connectivity index is 0.00000280. The molecule has 154 valence electrons. The van der Waals surface area contributed by atoms with Crippen molar-refractivity contribution < 1.29 is 4.79 Å². The molecule has 1 fully saturated rings. The first-order chi connectivity index (χ1) is 13.1. The van der Waals surface area contributed by atoms with E-state index < -0.39 is 0 Å². The Morgan fingerprint density at radius 2 is 2.11 bits per heavy atom. The summed E-state index contributed by atoms with van der Waals surface area (Å²) in [6.07, 6.45) is 4.75. The van der Waals surface area contributed by atoms with Crippen LogP contribution in [0.4, 0.5) is 4.79 Å². The normalized spacial score (nSPS) is 15.4. The number of halogens is 1. The number of urea groups is 1. The predicted molar refractivity (Wildman–Crippen MR) is 125 cm³/mol. The molecule has 1 aromatic heterocycles. The van der Waals surface area contributed by atoms with Crippen LogP contribution in [0.5, 0.6) is 0 Å². The van der Waals surface area contributed by atoms with Gasteiger partial charge < -0.3 is 26.3 Å². The Bertz CT molecular complexity index is 810. The number of aliphatic imine (C=N–C) groups is 1. The van der Waals surface area contributed by atoms with Gasteiger partial charge in [-0.15, -0.1) is 24.0 Å². The van der Waals surface area contributed by atoms with Crippen LogP contribution in [0, 0.1) is 6.92 Å². The monoisotopic (exact) mass is 498 g/mol. The minimum atomic E-state index is -0.331. The van der Waals surface area contributed by atoms with E-state index in [2.05, 4.69) is 53.9 Å². The number of nitrogens with zero attached hydrogens (tertiary/aromatic N) is 2. The van der Waals surface area contributed by atoms with Crippen LogP contribution in [-0.2, 0) is 6.42 Å². The third kappa shape index (κ3) is 5.52. The van der Waals surface area contributed by atoms with Gasteiger partial charge >= 0.3 is 6.03 Å². The number of nitrogens with two attached hydrogens (primary N) is 1. The standard InChI is InChI=1S/C20H30N6O.HI/c1-3-22-20(25-16-8-11-26(12-9-16)19(21)27)23-10-7-15-13-24-18-14(2)5-4-6-17(15)18;/h4-6,13,16,24H,3,7-12H2,1-2H3,(H2,21,27)(H2,22,23,25);1H. The summed E-state index contributed by atoms with van der Waals surface area (Å²) in [5.41, 5.74) is 9.12. The fraction of sp³-hybridized carbons (Fsp3) is 0.500. The number of likely N-dealkylation sites (tertiary alicyclic amines) is 1. The van der Waals surface area contributed by atoms with Crippen LogP contribution in [-0.4, -0.2) is 54.1 Å². The van der Waals surface area contributed by atoms with Crippen LogP contribution >= 0.6 is 24.0 Å². The largest absolute Gasteiger partial charge is 0.361 e. The predicted octanol–water partition coefficient (Wildman–Crippen LogP) is 2.74. The number of aryl methyl sites for hydroxylation is 1. The van der Waals surface area contributed by atoms with Gasteiger partial charge in [0.25, 0.3) is 0 Å². The molecule has 5 N–H and O–H groups in total. The zero-order valence-electron chi connectivity index (χ0n) is 16.6. The average molecular weight is 498 g/mol. The topological polar surface area (TPSA) is 98.5 Å². The molecule has 1 aromatic carbocycles. The Labute approximate surface area is 183 Å². The van der Waals surface area contributed by atoms with E-state index in [9.17, 15) is 4.79 Å². The summed E-state index contributed by atoms with van der Waals surface area (Å²) in [7, 11) is 0. The molecule has 0 aliphatic carbocycles. The number of benzene rings is 1. The van der Waals surface area contributed by atoms with Gasteiger partial charge in [-0.2, -0.15) is 0 Å². The van der Waals surface area contributed by atoms with Crippen LogP contribution in [0.3, 0.4) is 0 Å². The highest BCUT2D eigenvalue weighted by Crippen LogP contribution is 2.21. The molecule has 3 rings (SSSR count). The van der Waals surface area contributed by atoms with Crippen molar-refractivity contribution in [2.75, 3.05) is 26.2 Å². The highest BCUT2D eigenvalue weighted by molar-refractivity contribution is 14.0. The molecule has 2 amide bonds. The van der Waals surface area contributed by atoms with E-state index in [1.807, 2.05) is 0 Å². The number of fused-ring (bicyclic) bond motifs is 1. The maximum Gasteiger partial charge on any atom is 0.314 e. The van der Waals surface area contributed by atoms with E-state index in [4.69, 9.17) is 10.7 Å². The summed E-state index contributed by atoms with van der Waals surface area (Å²) >= 11 is 0. The fourth-order valence-corrected chi connectivity index (χ4v) is 3.62. The molecule has 7 nitrogen and oxygen atoms in total. The first-order valence-electron chi connectivity index (χ1n) is 9.73. The van der Waals surface area contributed by atoms with Crippen LogP contribution in [0.25, 0.3) is 10.9 Å². The highest BCUT2D eigenvalue weighted by Gasteiger charge is 2.21. The van der Waals surface area contributed by atoms with Gasteiger partial charge in [0.05, 0.1) is 0 Å². The van der Waals surface area contributed by atoms with E-state index in [-0.39, 0.29) is 30.0 Å². The second-order valence-electron chi connectivity index (χ2n) is 7.07. The van der Waals surface area contributed by atoms with E-state index in [0.717, 1.165) is 38.3 Å². The number of H-pyrrole nitrogens is 1. The van der Waals surface area contributed by atoms with Crippen LogP contribution in [0.15, 0.2) is 29.4 Å². The van der Waals surface area contributed by atoms with Gasteiger partial charge in [-0.3, -0.25) is 4.99 Å². The molecule has 0 saturated carbocycles. The number of guanidine groups is 1. The Morgan fingerprint density at radius 1 is 1.36 bits per heavy atom. The molecule has 8 heteroatoms. The number of carbonyl (C=O) groups excluding carboxylic acids is 1. The first-order valence-corrected chi connectivity index (χ1v) is 9.73. The van der Waals surface area contributed by atoms with Gasteiger partial charge in [-0.05, 0) is 44.2 Å². The molecule has 2 aromatic rings. The molecular weight excluding hydrogens is 467 g/mol. The van der Waals surface area contributed by atoms with Crippen molar-refractivity contribution in [2.24, 2.45) is 10.7 Å². The summed E-state index contributed by atoms with van der Waals surface area (Å²) in [5, 5.41) is 8.09. The van der Waals surface area contributed by atoms with Crippen LogP contribution in [0.2, 0.25) is 0 Å². The molecule has 1 saturated heterocycles. The fourth-order valence-electron chi connectivity index (χ4n) is 3.62. The number of hydrogen-bond donors (Lipinski definition) is 4. The number of nitrogens with one attached hydrogen (secondary N) is 3. The number of primary amides is 1. The van der Waals surface area contributed by atoms with Crippen molar-refractivity contribution in [1.29, 1.82) is 0 Å². The lowest BCUT2D eigenvalue weighted by atomic mass is 10.1. The molecule has 28 heavy (non-hydrogen) atoms. The van der Waals surface area contributed by atoms with Crippen LogP contribution in [0.1, 0.15) is 30.9 Å². The minimum Gasteiger partial charge on any atom is -0.361 e. The minimum absolute atomic E-state index is 0. The lowest BCUT2D eigenvalue weighted by molar-refractivity contribution is 0.188. The van der Waals surface area contributed by atoms with Gasteiger partial charge in [0.15, 0.2) is 5.96 Å². The van der Waals surface area contributed by atoms with Crippen molar-refractivity contribution in [1.82, 2.24) is 20.5 Å². The summed E-state index contributed by atoms with van der Waals surface area (Å²) in [4.78, 5) is 21.1. The smallest absolute Gasteiger partial charge is 0.314 e. The molecule has 0 atom stereocenters. The second kappa shape index (κ2) is 10.5. The third-order valence-electron chi connectivity index (χ3n) is 5.15. The lowest BCUT2D eigenvalue weighted by Gasteiger charge is -2.32. The number of aromatic amines is 1. The SMILES string of the molecule is CCNC(=NCCc1c[nH]c2c(C)cccc12)NC1CCN(C(N)=O)CC1.I. The van der Waals surface area contributed by atoms with Gasteiger partial charge in [-0.25, -0.2) is 4.79 Å². The maximum absolute atomic E-state index is 11.2. The third-order valence-corrected chi connectivity index (χ3v) is 5.15.